The molecule has 0 aromatic carbocycles. The van der Waals surface area contributed by atoms with Crippen molar-refractivity contribution >= 4 is 5.91 Å². The summed E-state index contributed by atoms with van der Waals surface area (Å²) < 4.78 is 5.40. The van der Waals surface area contributed by atoms with E-state index in [1.807, 2.05) is 0 Å². The van der Waals surface area contributed by atoms with Gasteiger partial charge in [0.15, 0.2) is 0 Å². The van der Waals surface area contributed by atoms with Crippen molar-refractivity contribution in [2.45, 2.75) is 51.7 Å². The van der Waals surface area contributed by atoms with Gasteiger partial charge in [-0.1, -0.05) is 13.8 Å². The minimum absolute atomic E-state index is 0.00101. The number of hydrogen-bond donors (Lipinski definition) is 2. The van der Waals surface area contributed by atoms with Crippen LogP contribution in [-0.4, -0.2) is 31.2 Å². The summed E-state index contributed by atoms with van der Waals surface area (Å²) in [5.41, 5.74) is 5.90. The minimum atomic E-state index is -0.250. The van der Waals surface area contributed by atoms with Gasteiger partial charge < -0.3 is 15.8 Å². The highest BCUT2D eigenvalue weighted by atomic mass is 16.5. The molecule has 0 radical (unpaired) electrons. The van der Waals surface area contributed by atoms with Crippen LogP contribution in [0, 0.1) is 5.92 Å². The van der Waals surface area contributed by atoms with E-state index in [0.717, 1.165) is 25.7 Å². The molecule has 0 aliphatic carbocycles. The molecule has 4 nitrogen and oxygen atoms in total. The zero-order valence-electron chi connectivity index (χ0n) is 10.4. The van der Waals surface area contributed by atoms with E-state index in [9.17, 15) is 4.79 Å². The van der Waals surface area contributed by atoms with Crippen LogP contribution in [0.3, 0.4) is 0 Å². The number of hydrogen-bond acceptors (Lipinski definition) is 3. The van der Waals surface area contributed by atoms with E-state index < -0.39 is 0 Å². The Bertz CT molecular complexity index is 213. The van der Waals surface area contributed by atoms with Gasteiger partial charge in [-0.3, -0.25) is 4.79 Å². The molecule has 1 heterocycles. The van der Waals surface area contributed by atoms with Gasteiger partial charge in [-0.25, -0.2) is 0 Å². The van der Waals surface area contributed by atoms with Crippen LogP contribution in [0.1, 0.15) is 39.5 Å². The largest absolute Gasteiger partial charge is 0.368 e. The minimum Gasteiger partial charge on any atom is -0.368 e. The molecule has 1 saturated heterocycles. The third-order valence-electron chi connectivity index (χ3n) is 2.78. The molecule has 0 bridgehead atoms. The van der Waals surface area contributed by atoms with Crippen molar-refractivity contribution in [3.8, 4) is 0 Å². The number of nitrogens with two attached hydrogens (primary N) is 1. The smallest absolute Gasteiger partial charge is 0.249 e. The average molecular weight is 228 g/mol. The van der Waals surface area contributed by atoms with Gasteiger partial charge in [0.25, 0.3) is 0 Å². The van der Waals surface area contributed by atoms with Gasteiger partial charge in [0.2, 0.25) is 5.91 Å². The van der Waals surface area contributed by atoms with Gasteiger partial charge in [-0.15, -0.1) is 0 Å². The molecular weight excluding hydrogens is 204 g/mol. The quantitative estimate of drug-likeness (QED) is 0.739. The molecule has 0 spiro atoms. The first kappa shape index (κ1) is 13.5. The number of nitrogens with one attached hydrogen (secondary N) is 1. The first-order valence-electron chi connectivity index (χ1n) is 6.24. The summed E-state index contributed by atoms with van der Waals surface area (Å²) in [6.07, 6.45) is 3.67. The monoisotopic (exact) mass is 228 g/mol. The fourth-order valence-corrected chi connectivity index (χ4v) is 1.98. The summed E-state index contributed by atoms with van der Waals surface area (Å²) in [7, 11) is 0. The highest BCUT2D eigenvalue weighted by molar-refractivity contribution is 5.80. The van der Waals surface area contributed by atoms with E-state index in [1.54, 1.807) is 0 Å². The first-order chi connectivity index (χ1) is 7.59. The lowest BCUT2D eigenvalue weighted by Gasteiger charge is -2.23. The molecule has 3 N–H and O–H groups in total. The molecule has 16 heavy (non-hydrogen) atoms. The number of carbonyl (C=O) groups excluding carboxylic acids is 1. The molecule has 1 amide bonds. The molecular formula is C12H24N2O2. The summed E-state index contributed by atoms with van der Waals surface area (Å²) in [4.78, 5) is 11.7. The molecule has 1 rings (SSSR count). The maximum absolute atomic E-state index is 11.7. The van der Waals surface area contributed by atoms with Crippen molar-refractivity contribution in [1.29, 1.82) is 0 Å². The Morgan fingerprint density at radius 3 is 2.81 bits per heavy atom. The van der Waals surface area contributed by atoms with Crippen molar-refractivity contribution in [1.82, 2.24) is 5.32 Å². The molecule has 2 atom stereocenters. The standard InChI is InChI=1S/C12H24N2O2/c1-9(2)7-10(13)8-14-12(15)11-5-3-4-6-16-11/h9-11H,3-8,13H2,1-2H3,(H,14,15). The second-order valence-electron chi connectivity index (χ2n) is 4.99. The van der Waals surface area contributed by atoms with Gasteiger partial charge in [0.05, 0.1) is 0 Å². The molecule has 1 aliphatic rings. The van der Waals surface area contributed by atoms with Crippen molar-refractivity contribution in [3.05, 3.63) is 0 Å². The zero-order chi connectivity index (χ0) is 12.0. The Labute approximate surface area is 97.9 Å². The van der Waals surface area contributed by atoms with Gasteiger partial charge in [-0.2, -0.15) is 0 Å². The molecule has 94 valence electrons. The van der Waals surface area contributed by atoms with Gasteiger partial charge in [0, 0.05) is 19.2 Å². The van der Waals surface area contributed by atoms with Crippen molar-refractivity contribution in [2.75, 3.05) is 13.2 Å². The summed E-state index contributed by atoms with van der Waals surface area (Å²) in [6.45, 7) is 5.52. The maximum atomic E-state index is 11.7. The highest BCUT2D eigenvalue weighted by Crippen LogP contribution is 2.12. The number of carbonyl (C=O) groups is 1. The molecule has 4 heteroatoms. The van der Waals surface area contributed by atoms with E-state index in [0.29, 0.717) is 19.1 Å². The molecule has 2 unspecified atom stereocenters. The molecule has 1 aliphatic heterocycles. The molecule has 0 saturated carbocycles. The third-order valence-corrected chi connectivity index (χ3v) is 2.78. The van der Waals surface area contributed by atoms with Gasteiger partial charge in [0.1, 0.15) is 6.10 Å². The number of amides is 1. The van der Waals surface area contributed by atoms with Crippen LogP contribution in [-0.2, 0) is 9.53 Å². The van der Waals surface area contributed by atoms with E-state index in [4.69, 9.17) is 10.5 Å². The van der Waals surface area contributed by atoms with Gasteiger partial charge >= 0.3 is 0 Å². The van der Waals surface area contributed by atoms with Crippen LogP contribution < -0.4 is 11.1 Å². The van der Waals surface area contributed by atoms with Crippen LogP contribution in [0.5, 0.6) is 0 Å². The Morgan fingerprint density at radius 1 is 1.50 bits per heavy atom. The van der Waals surface area contributed by atoms with Crippen LogP contribution in [0.15, 0.2) is 0 Å². The molecule has 0 aromatic rings. The topological polar surface area (TPSA) is 64.3 Å². The highest BCUT2D eigenvalue weighted by Gasteiger charge is 2.21. The maximum Gasteiger partial charge on any atom is 0.249 e. The second-order valence-corrected chi connectivity index (χ2v) is 4.99. The summed E-state index contributed by atoms with van der Waals surface area (Å²) in [6, 6.07) is 0.0486. The fourth-order valence-electron chi connectivity index (χ4n) is 1.98. The Hall–Kier alpha value is -0.610. The van der Waals surface area contributed by atoms with Crippen LogP contribution in [0.4, 0.5) is 0 Å². The lowest BCUT2D eigenvalue weighted by atomic mass is 10.0. The van der Waals surface area contributed by atoms with E-state index in [-0.39, 0.29) is 18.1 Å². The van der Waals surface area contributed by atoms with Crippen LogP contribution >= 0.6 is 0 Å². The van der Waals surface area contributed by atoms with E-state index in [1.165, 1.54) is 0 Å². The summed E-state index contributed by atoms with van der Waals surface area (Å²) in [5, 5.41) is 2.87. The van der Waals surface area contributed by atoms with Crippen molar-refractivity contribution in [3.63, 3.8) is 0 Å². The number of rotatable bonds is 5. The Kier molecular flexibility index (Phi) is 5.77. The number of ether oxygens (including phenoxy) is 1. The summed E-state index contributed by atoms with van der Waals surface area (Å²) in [5.74, 6) is 0.566. The molecule has 1 fully saturated rings. The zero-order valence-corrected chi connectivity index (χ0v) is 10.4. The second kappa shape index (κ2) is 6.86. The fraction of sp³-hybridized carbons (Fsp3) is 0.917. The van der Waals surface area contributed by atoms with Crippen LogP contribution in [0.25, 0.3) is 0 Å². The summed E-state index contributed by atoms with van der Waals surface area (Å²) >= 11 is 0. The van der Waals surface area contributed by atoms with E-state index in [2.05, 4.69) is 19.2 Å². The third kappa shape index (κ3) is 4.94. The van der Waals surface area contributed by atoms with Crippen molar-refractivity contribution in [2.24, 2.45) is 11.7 Å². The van der Waals surface area contributed by atoms with Gasteiger partial charge in [-0.05, 0) is 31.6 Å². The lowest BCUT2D eigenvalue weighted by molar-refractivity contribution is -0.135. The average Bonchev–Trinajstić information content (AvgIpc) is 2.26. The Morgan fingerprint density at radius 2 is 2.25 bits per heavy atom. The van der Waals surface area contributed by atoms with Crippen molar-refractivity contribution < 1.29 is 9.53 Å². The normalized spacial score (nSPS) is 23.1. The van der Waals surface area contributed by atoms with Crippen LogP contribution in [0.2, 0.25) is 0 Å². The molecule has 0 aromatic heterocycles. The Balaban J connectivity index is 2.18. The predicted molar refractivity (Wildman–Crippen MR) is 64.0 cm³/mol. The SMILES string of the molecule is CC(C)CC(N)CNC(=O)C1CCCCO1. The van der Waals surface area contributed by atoms with E-state index >= 15 is 0 Å². The first-order valence-corrected chi connectivity index (χ1v) is 6.24. The lowest BCUT2D eigenvalue weighted by Crippen LogP contribution is -2.44. The predicted octanol–water partition coefficient (Wildman–Crippen LogP) is 1.05.